The fraction of sp³-hybridized carbons (Fsp3) is 0.462. The van der Waals surface area contributed by atoms with E-state index in [4.69, 9.17) is 0 Å². The lowest BCUT2D eigenvalue weighted by Crippen LogP contribution is -2.42. The van der Waals surface area contributed by atoms with Crippen molar-refractivity contribution in [2.75, 3.05) is 32.1 Å². The van der Waals surface area contributed by atoms with Crippen molar-refractivity contribution < 1.29 is 19.1 Å². The van der Waals surface area contributed by atoms with Gasteiger partial charge in [-0.3, -0.25) is 4.79 Å². The molecular weight excluding hydrogens is 294 g/mol. The Morgan fingerprint density at radius 1 is 1.33 bits per heavy atom. The molecule has 1 rings (SSSR count). The van der Waals surface area contributed by atoms with Gasteiger partial charge in [0, 0.05) is 13.1 Å². The Balaban J connectivity index is 2.72. The van der Waals surface area contributed by atoms with Crippen LogP contribution in [-0.4, -0.2) is 49.6 Å². The molecule has 7 nitrogen and oxygen atoms in total. The molecule has 0 radical (unpaired) electrons. The van der Waals surface area contributed by atoms with Gasteiger partial charge >= 0.3 is 12.0 Å². The summed E-state index contributed by atoms with van der Waals surface area (Å²) in [5, 5.41) is 6.93. The Kier molecular flexibility index (Phi) is 6.67. The van der Waals surface area contributed by atoms with E-state index in [0.29, 0.717) is 23.7 Å². The first-order valence-corrected chi connectivity index (χ1v) is 7.39. The van der Waals surface area contributed by atoms with E-state index in [0.717, 1.165) is 0 Å². The van der Waals surface area contributed by atoms with Crippen LogP contribution in [0.25, 0.3) is 0 Å². The molecule has 8 heteroatoms. The molecule has 0 saturated carbocycles. The van der Waals surface area contributed by atoms with Gasteiger partial charge in [0.1, 0.15) is 11.4 Å². The molecule has 0 fully saturated rings. The van der Waals surface area contributed by atoms with E-state index >= 15 is 0 Å². The molecule has 0 aliphatic rings. The average molecular weight is 313 g/mol. The Morgan fingerprint density at radius 3 is 2.62 bits per heavy atom. The molecule has 1 heterocycles. The highest BCUT2D eigenvalue weighted by atomic mass is 32.1. The van der Waals surface area contributed by atoms with E-state index in [1.165, 1.54) is 23.3 Å². The van der Waals surface area contributed by atoms with Gasteiger partial charge in [-0.25, -0.2) is 9.59 Å². The Bertz CT molecular complexity index is 515. The lowest BCUT2D eigenvalue weighted by molar-refractivity contribution is -0.121. The van der Waals surface area contributed by atoms with Crippen LogP contribution < -0.4 is 10.6 Å². The van der Waals surface area contributed by atoms with Gasteiger partial charge in [-0.2, -0.15) is 0 Å². The molecule has 2 N–H and O–H groups in total. The third-order valence-corrected chi connectivity index (χ3v) is 3.55. The van der Waals surface area contributed by atoms with Gasteiger partial charge in [-0.15, -0.1) is 11.3 Å². The molecule has 21 heavy (non-hydrogen) atoms. The number of rotatable bonds is 6. The van der Waals surface area contributed by atoms with E-state index in [2.05, 4.69) is 15.4 Å². The van der Waals surface area contributed by atoms with E-state index in [1.54, 1.807) is 18.4 Å². The number of ether oxygens (including phenoxy) is 1. The number of esters is 1. The summed E-state index contributed by atoms with van der Waals surface area (Å²) in [7, 11) is 1.28. The number of thiophene rings is 1. The number of hydrogen-bond donors (Lipinski definition) is 2. The molecule has 0 unspecified atom stereocenters. The van der Waals surface area contributed by atoms with Crippen molar-refractivity contribution in [3.8, 4) is 0 Å². The fourth-order valence-electron chi connectivity index (χ4n) is 1.61. The Hall–Kier alpha value is -2.09. The van der Waals surface area contributed by atoms with Crippen LogP contribution in [0.15, 0.2) is 11.4 Å². The Morgan fingerprint density at radius 2 is 2.05 bits per heavy atom. The first kappa shape index (κ1) is 17.0. The zero-order valence-electron chi connectivity index (χ0n) is 12.3. The van der Waals surface area contributed by atoms with E-state index in [-0.39, 0.29) is 12.5 Å². The summed E-state index contributed by atoms with van der Waals surface area (Å²) in [5.74, 6) is -0.736. The molecule has 0 bridgehead atoms. The van der Waals surface area contributed by atoms with Gasteiger partial charge in [0.25, 0.3) is 0 Å². The number of nitrogens with zero attached hydrogens (tertiary/aromatic N) is 1. The monoisotopic (exact) mass is 313 g/mol. The summed E-state index contributed by atoms with van der Waals surface area (Å²) in [5.41, 5.74) is 0.381. The van der Waals surface area contributed by atoms with Gasteiger partial charge in [-0.1, -0.05) is 0 Å². The average Bonchev–Trinajstić information content (AvgIpc) is 2.92. The summed E-state index contributed by atoms with van der Waals surface area (Å²) in [6.07, 6.45) is 0. The summed E-state index contributed by atoms with van der Waals surface area (Å²) in [6.45, 7) is 4.43. The number of urea groups is 1. The summed E-state index contributed by atoms with van der Waals surface area (Å²) in [6, 6.07) is 1.18. The zero-order chi connectivity index (χ0) is 15.8. The quantitative estimate of drug-likeness (QED) is 0.780. The van der Waals surface area contributed by atoms with Crippen molar-refractivity contribution in [1.82, 2.24) is 10.2 Å². The predicted octanol–water partition coefficient (Wildman–Crippen LogP) is 1.52. The SMILES string of the molecule is CCNC(=O)CN(CC)C(=O)Nc1ccsc1C(=O)OC. The first-order valence-electron chi connectivity index (χ1n) is 6.51. The van der Waals surface area contributed by atoms with Crippen molar-refractivity contribution in [3.63, 3.8) is 0 Å². The summed E-state index contributed by atoms with van der Waals surface area (Å²) >= 11 is 1.18. The standard InChI is InChI=1S/C13H19N3O4S/c1-4-14-10(17)8-16(5-2)13(19)15-9-6-7-21-11(9)12(18)20-3/h6-7H,4-5,8H2,1-3H3,(H,14,17)(H,15,19). The van der Waals surface area contributed by atoms with Crippen LogP contribution in [0.5, 0.6) is 0 Å². The molecule has 1 aromatic rings. The lowest BCUT2D eigenvalue weighted by Gasteiger charge is -2.20. The fourth-order valence-corrected chi connectivity index (χ4v) is 2.37. The topological polar surface area (TPSA) is 87.7 Å². The van der Waals surface area contributed by atoms with Crippen LogP contribution >= 0.6 is 11.3 Å². The second kappa shape index (κ2) is 8.25. The first-order chi connectivity index (χ1) is 10.0. The van der Waals surface area contributed by atoms with Gasteiger partial charge in [0.2, 0.25) is 5.91 Å². The van der Waals surface area contributed by atoms with Crippen molar-refractivity contribution >= 4 is 34.9 Å². The minimum atomic E-state index is -0.507. The summed E-state index contributed by atoms with van der Waals surface area (Å²) < 4.78 is 4.64. The molecular formula is C13H19N3O4S. The molecule has 3 amide bonds. The van der Waals surface area contributed by atoms with Gasteiger partial charge in [0.05, 0.1) is 12.8 Å². The van der Waals surface area contributed by atoms with Crippen molar-refractivity contribution in [2.45, 2.75) is 13.8 Å². The number of carbonyl (C=O) groups is 3. The van der Waals surface area contributed by atoms with Crippen molar-refractivity contribution in [1.29, 1.82) is 0 Å². The number of methoxy groups -OCH3 is 1. The number of nitrogens with one attached hydrogen (secondary N) is 2. The molecule has 0 aliphatic carbocycles. The Labute approximate surface area is 127 Å². The third kappa shape index (κ3) is 4.75. The minimum Gasteiger partial charge on any atom is -0.465 e. The molecule has 0 spiro atoms. The van der Waals surface area contributed by atoms with Gasteiger partial charge in [-0.05, 0) is 25.3 Å². The maximum atomic E-state index is 12.1. The number of likely N-dealkylation sites (N-methyl/N-ethyl adjacent to an activating group) is 2. The van der Waals surface area contributed by atoms with Crippen molar-refractivity contribution in [2.24, 2.45) is 0 Å². The maximum Gasteiger partial charge on any atom is 0.350 e. The van der Waals surface area contributed by atoms with Crippen LogP contribution in [0.3, 0.4) is 0 Å². The number of hydrogen-bond acceptors (Lipinski definition) is 5. The highest BCUT2D eigenvalue weighted by Gasteiger charge is 2.19. The van der Waals surface area contributed by atoms with Crippen molar-refractivity contribution in [3.05, 3.63) is 16.3 Å². The van der Waals surface area contributed by atoms with Gasteiger partial charge < -0.3 is 20.3 Å². The molecule has 0 aromatic carbocycles. The molecule has 1 aromatic heterocycles. The van der Waals surface area contributed by atoms with E-state index in [9.17, 15) is 14.4 Å². The number of carbonyl (C=O) groups excluding carboxylic acids is 3. The normalized spacial score (nSPS) is 9.86. The minimum absolute atomic E-state index is 0.0339. The van der Waals surface area contributed by atoms with Crippen LogP contribution in [0.4, 0.5) is 10.5 Å². The second-order valence-corrected chi connectivity index (χ2v) is 4.97. The van der Waals surface area contributed by atoms with E-state index in [1.807, 2.05) is 6.92 Å². The third-order valence-electron chi connectivity index (χ3n) is 2.65. The van der Waals surface area contributed by atoms with E-state index < -0.39 is 12.0 Å². The zero-order valence-corrected chi connectivity index (χ0v) is 13.1. The van der Waals surface area contributed by atoms with Crippen LogP contribution in [0, 0.1) is 0 Å². The smallest absolute Gasteiger partial charge is 0.350 e. The van der Waals surface area contributed by atoms with Gasteiger partial charge in [0.15, 0.2) is 0 Å². The summed E-state index contributed by atoms with van der Waals surface area (Å²) in [4.78, 5) is 36.9. The van der Waals surface area contributed by atoms with Crippen LogP contribution in [0.2, 0.25) is 0 Å². The lowest BCUT2D eigenvalue weighted by atomic mass is 10.4. The van der Waals surface area contributed by atoms with Crippen LogP contribution in [0.1, 0.15) is 23.5 Å². The number of amides is 3. The molecule has 116 valence electrons. The largest absolute Gasteiger partial charge is 0.465 e. The predicted molar refractivity (Wildman–Crippen MR) is 80.6 cm³/mol. The maximum absolute atomic E-state index is 12.1. The highest BCUT2D eigenvalue weighted by Crippen LogP contribution is 2.23. The van der Waals surface area contributed by atoms with Crippen LogP contribution in [-0.2, 0) is 9.53 Å². The number of anilines is 1. The highest BCUT2D eigenvalue weighted by molar-refractivity contribution is 7.12. The molecule has 0 saturated heterocycles. The molecule has 0 atom stereocenters. The second-order valence-electron chi connectivity index (χ2n) is 4.05. The molecule has 0 aliphatic heterocycles.